The third-order valence-electron chi connectivity index (χ3n) is 3.03. The molecule has 0 aliphatic rings. The number of rotatable bonds is 2. The molecule has 0 unspecified atom stereocenters. The number of imidazole rings is 2. The van der Waals surface area contributed by atoms with Crippen LogP contribution in [0.3, 0.4) is 0 Å². The summed E-state index contributed by atoms with van der Waals surface area (Å²) in [6, 6.07) is 0. The van der Waals surface area contributed by atoms with E-state index in [0.717, 1.165) is 0 Å². The minimum Gasteiger partial charge on any atom is -0.530 e. The van der Waals surface area contributed by atoms with E-state index in [4.69, 9.17) is 0 Å². The standard InChI is InChI=1S/2C6H5N5O3.2Na/c2*12-4-2-3(8-1-7-2)9-5(10-4)11-6(13)14;;/h2*1H,(H,13,14)(H3,7,8,9,10,11,12);;/q;;2*+1/p-2. The fourth-order valence-electron chi connectivity index (χ4n) is 2.00. The summed E-state index contributed by atoms with van der Waals surface area (Å²) in [5.41, 5.74) is -0.356. The minimum absolute atomic E-state index is 0. The van der Waals surface area contributed by atoms with E-state index < -0.39 is 23.3 Å². The van der Waals surface area contributed by atoms with Crippen molar-refractivity contribution >= 4 is 46.4 Å². The number of carbonyl (C=O) groups excluding carboxylic acids is 2. The van der Waals surface area contributed by atoms with Gasteiger partial charge in [-0.1, -0.05) is 0 Å². The zero-order chi connectivity index (χ0) is 20.3. The summed E-state index contributed by atoms with van der Waals surface area (Å²) in [7, 11) is 0. The summed E-state index contributed by atoms with van der Waals surface area (Å²) in [5, 5.41) is 23.9. The van der Waals surface area contributed by atoms with E-state index in [1.165, 1.54) is 12.7 Å². The molecule has 2 amide bonds. The molecule has 0 atom stereocenters. The second-order valence-corrected chi connectivity index (χ2v) is 4.86. The summed E-state index contributed by atoms with van der Waals surface area (Å²) in [4.78, 5) is 67.1. The van der Waals surface area contributed by atoms with Gasteiger partial charge in [-0.3, -0.25) is 19.6 Å². The second kappa shape index (κ2) is 10.9. The zero-order valence-corrected chi connectivity index (χ0v) is 19.4. The maximum Gasteiger partial charge on any atom is 1.00 e. The first kappa shape index (κ1) is 25.3. The van der Waals surface area contributed by atoms with Crippen molar-refractivity contribution in [1.82, 2.24) is 39.9 Å². The van der Waals surface area contributed by atoms with Gasteiger partial charge in [-0.15, -0.1) is 0 Å². The molecule has 4 aromatic rings. The molecule has 0 aromatic carbocycles. The summed E-state index contributed by atoms with van der Waals surface area (Å²) >= 11 is 0. The van der Waals surface area contributed by atoms with E-state index in [1.807, 2.05) is 10.6 Å². The fourth-order valence-corrected chi connectivity index (χ4v) is 2.00. The van der Waals surface area contributed by atoms with Gasteiger partial charge in [-0.2, -0.15) is 9.97 Å². The van der Waals surface area contributed by atoms with Gasteiger partial charge in [0, 0.05) is 0 Å². The Morgan fingerprint density at radius 1 is 0.767 bits per heavy atom. The van der Waals surface area contributed by atoms with E-state index >= 15 is 0 Å². The van der Waals surface area contributed by atoms with Crippen molar-refractivity contribution in [1.29, 1.82) is 0 Å². The van der Waals surface area contributed by atoms with Crippen LogP contribution < -0.4 is 91.1 Å². The van der Waals surface area contributed by atoms with E-state index in [-0.39, 0.29) is 93.3 Å². The van der Waals surface area contributed by atoms with Gasteiger partial charge in [0.2, 0.25) is 11.9 Å². The third-order valence-corrected chi connectivity index (χ3v) is 3.03. The molecule has 0 spiro atoms. The van der Waals surface area contributed by atoms with Crippen molar-refractivity contribution in [2.24, 2.45) is 0 Å². The molecule has 0 bridgehead atoms. The van der Waals surface area contributed by atoms with Crippen LogP contribution in [0.15, 0.2) is 22.2 Å². The summed E-state index contributed by atoms with van der Waals surface area (Å²) in [6.45, 7) is 0. The van der Waals surface area contributed by atoms with Crippen LogP contribution in [0.1, 0.15) is 0 Å². The Morgan fingerprint density at radius 3 is 1.47 bits per heavy atom. The molecule has 0 fully saturated rings. The summed E-state index contributed by atoms with van der Waals surface area (Å²) < 4.78 is 0. The van der Waals surface area contributed by atoms with Crippen LogP contribution in [0, 0.1) is 0 Å². The van der Waals surface area contributed by atoms with Crippen LogP contribution in [0.2, 0.25) is 0 Å². The van der Waals surface area contributed by atoms with Gasteiger partial charge in [0.15, 0.2) is 22.3 Å². The molecule has 30 heavy (non-hydrogen) atoms. The maximum absolute atomic E-state index is 11.2. The Bertz CT molecular complexity index is 1190. The number of nitrogens with one attached hydrogen (secondary N) is 6. The van der Waals surface area contributed by atoms with Gasteiger partial charge >= 0.3 is 59.1 Å². The quantitative estimate of drug-likeness (QED) is 0.162. The van der Waals surface area contributed by atoms with E-state index in [1.54, 1.807) is 0 Å². The van der Waals surface area contributed by atoms with Crippen LogP contribution in [0.4, 0.5) is 21.5 Å². The number of aromatic nitrogens is 8. The van der Waals surface area contributed by atoms with Crippen LogP contribution in [0.25, 0.3) is 22.3 Å². The number of hydrogen-bond acceptors (Lipinski definition) is 10. The second-order valence-electron chi connectivity index (χ2n) is 4.86. The Balaban J connectivity index is 0.000000281. The number of aromatic amines is 4. The molecule has 144 valence electrons. The van der Waals surface area contributed by atoms with Gasteiger partial charge in [0.05, 0.1) is 12.7 Å². The number of fused-ring (bicyclic) bond motifs is 2. The molecule has 4 aromatic heterocycles. The molecule has 0 saturated carbocycles. The van der Waals surface area contributed by atoms with E-state index in [9.17, 15) is 29.4 Å². The molecule has 0 aliphatic heterocycles. The fraction of sp³-hybridized carbons (Fsp3) is 0. The average Bonchev–Trinajstić information content (AvgIpc) is 3.23. The molecule has 4 rings (SSSR count). The molecule has 0 aliphatic carbocycles. The number of carboxylic acid groups (broad SMARTS) is 2. The largest absolute Gasteiger partial charge is 1.00 e. The number of carbonyl (C=O) groups is 2. The molecular formula is C12H8N10Na2O6. The molecule has 0 saturated heterocycles. The Hall–Kier alpha value is -2.76. The van der Waals surface area contributed by atoms with Gasteiger partial charge in [-0.05, 0) is 0 Å². The molecular weight excluding hydrogens is 426 g/mol. The predicted molar refractivity (Wildman–Crippen MR) is 87.1 cm³/mol. The van der Waals surface area contributed by atoms with E-state index in [0.29, 0.717) is 0 Å². The van der Waals surface area contributed by atoms with Crippen molar-refractivity contribution in [3.05, 3.63) is 33.4 Å². The van der Waals surface area contributed by atoms with Gasteiger partial charge in [0.25, 0.3) is 11.1 Å². The first-order valence-corrected chi connectivity index (χ1v) is 7.16. The molecule has 18 heteroatoms. The molecule has 6 N–H and O–H groups in total. The number of anilines is 2. The Morgan fingerprint density at radius 2 is 1.13 bits per heavy atom. The topological polar surface area (TPSA) is 253 Å². The smallest absolute Gasteiger partial charge is 0.530 e. The van der Waals surface area contributed by atoms with Crippen LogP contribution in [0.5, 0.6) is 0 Å². The Labute approximate surface area is 207 Å². The first-order chi connectivity index (χ1) is 13.3. The average molecular weight is 434 g/mol. The predicted octanol–water partition coefficient (Wildman–Crippen LogP) is -9.19. The normalized spacial score (nSPS) is 9.60. The van der Waals surface area contributed by atoms with Crippen LogP contribution in [-0.2, 0) is 0 Å². The van der Waals surface area contributed by atoms with Crippen molar-refractivity contribution in [3.8, 4) is 0 Å². The minimum atomic E-state index is -1.55. The van der Waals surface area contributed by atoms with Crippen molar-refractivity contribution in [2.45, 2.75) is 0 Å². The zero-order valence-electron chi connectivity index (χ0n) is 15.4. The number of amides is 2. The van der Waals surface area contributed by atoms with Crippen molar-refractivity contribution in [2.75, 3.05) is 10.6 Å². The maximum atomic E-state index is 11.2. The van der Waals surface area contributed by atoms with Gasteiger partial charge in [0.1, 0.15) is 12.2 Å². The molecule has 16 nitrogen and oxygen atoms in total. The third kappa shape index (κ3) is 6.12. The number of nitrogens with zero attached hydrogens (tertiary/aromatic N) is 4. The Kier molecular flexibility index (Phi) is 9.15. The van der Waals surface area contributed by atoms with Crippen LogP contribution >= 0.6 is 0 Å². The van der Waals surface area contributed by atoms with Crippen LogP contribution in [-0.4, -0.2) is 52.1 Å². The van der Waals surface area contributed by atoms with Crippen molar-refractivity contribution in [3.63, 3.8) is 0 Å². The van der Waals surface area contributed by atoms with E-state index in [2.05, 4.69) is 39.9 Å². The summed E-state index contributed by atoms with van der Waals surface area (Å²) in [5.74, 6) is -0.427. The number of hydrogen-bond donors (Lipinski definition) is 6. The monoisotopic (exact) mass is 434 g/mol. The molecule has 0 radical (unpaired) electrons. The first-order valence-electron chi connectivity index (χ1n) is 7.16. The summed E-state index contributed by atoms with van der Waals surface area (Å²) in [6.07, 6.45) is -0.531. The number of H-pyrrole nitrogens is 4. The molecule has 4 heterocycles. The van der Waals surface area contributed by atoms with Gasteiger partial charge < -0.3 is 40.4 Å². The van der Waals surface area contributed by atoms with Gasteiger partial charge in [-0.25, -0.2) is 9.97 Å². The SMILES string of the molecule is O=C([O-])Nc1nc2nc[nH]c2c(=O)[nH]1.O=C([O-])Nc1nc2nc[nH]c2c(=O)[nH]1.[Na+].[Na+]. The van der Waals surface area contributed by atoms with Crippen molar-refractivity contribution < 1.29 is 78.9 Å².